The molecule has 0 amide bonds. The topological polar surface area (TPSA) is 91.0 Å². The number of ether oxygens (including phenoxy) is 3. The summed E-state index contributed by atoms with van der Waals surface area (Å²) in [7, 11) is 0. The molecule has 34 heavy (non-hydrogen) atoms. The number of alkyl halides is 3. The fraction of sp³-hybridized carbons (Fsp3) is 0.333. The molecule has 1 atom stereocenters. The fourth-order valence-electron chi connectivity index (χ4n) is 3.23. The molecule has 0 spiro atoms. The van der Waals surface area contributed by atoms with Gasteiger partial charge in [-0.05, 0) is 67.8 Å². The number of halogens is 3. The lowest BCUT2D eigenvalue weighted by atomic mass is 10.1. The summed E-state index contributed by atoms with van der Waals surface area (Å²) in [6, 6.07) is 10.3. The molecule has 1 aromatic heterocycles. The van der Waals surface area contributed by atoms with Crippen molar-refractivity contribution in [3.8, 4) is 28.7 Å². The number of nitrogens with zero attached hydrogens (tertiary/aromatic N) is 1. The van der Waals surface area contributed by atoms with E-state index < -0.39 is 25.0 Å². The molecule has 1 N–H and O–H groups in total. The van der Waals surface area contributed by atoms with Crippen LogP contribution in [0.3, 0.4) is 0 Å². The van der Waals surface area contributed by atoms with E-state index in [1.807, 2.05) is 13.8 Å². The highest BCUT2D eigenvalue weighted by Gasteiger charge is 2.31. The summed E-state index contributed by atoms with van der Waals surface area (Å²) in [5, 5.41) is 8.76. The van der Waals surface area contributed by atoms with E-state index in [2.05, 4.69) is 9.72 Å². The van der Waals surface area contributed by atoms with Gasteiger partial charge in [0.05, 0.1) is 5.69 Å². The number of carboxylic acids is 1. The van der Waals surface area contributed by atoms with Crippen LogP contribution >= 0.6 is 0 Å². The molecule has 0 saturated heterocycles. The van der Waals surface area contributed by atoms with Crippen molar-refractivity contribution in [2.75, 3.05) is 6.61 Å². The average Bonchev–Trinajstić information content (AvgIpc) is 3.18. The lowest BCUT2D eigenvalue weighted by molar-refractivity contribution is -0.274. The minimum absolute atomic E-state index is 0.0000771. The SMILES string of the molecule is Cc1cc(OC(C)c2oc(-c3ccc(OC(F)(F)F)cc3)nc2C(C)C)ccc1OCC(=O)O. The summed E-state index contributed by atoms with van der Waals surface area (Å²) in [5.41, 5.74) is 1.86. The minimum Gasteiger partial charge on any atom is -0.483 e. The first-order valence-electron chi connectivity index (χ1n) is 10.4. The quantitative estimate of drug-likeness (QED) is 0.386. The van der Waals surface area contributed by atoms with Gasteiger partial charge in [0.15, 0.2) is 18.5 Å². The van der Waals surface area contributed by atoms with E-state index in [1.165, 1.54) is 24.3 Å². The molecule has 1 heterocycles. The van der Waals surface area contributed by atoms with Gasteiger partial charge in [0, 0.05) is 5.56 Å². The Morgan fingerprint density at radius 2 is 1.74 bits per heavy atom. The van der Waals surface area contributed by atoms with Gasteiger partial charge < -0.3 is 23.7 Å². The molecular weight excluding hydrogens is 455 g/mol. The van der Waals surface area contributed by atoms with Gasteiger partial charge in [-0.25, -0.2) is 9.78 Å². The standard InChI is InChI=1S/C24H24F3NO6/c1-13(2)21-22(15(4)32-18-9-10-19(14(3)11-18)31-12-20(29)30)33-23(28-21)16-5-7-17(8-6-16)34-24(25,26)27/h5-11,13,15H,12H2,1-4H3,(H,29,30). The van der Waals surface area contributed by atoms with E-state index in [4.69, 9.17) is 19.0 Å². The zero-order chi connectivity index (χ0) is 25.0. The van der Waals surface area contributed by atoms with Gasteiger partial charge in [-0.15, -0.1) is 13.2 Å². The number of carbonyl (C=O) groups is 1. The zero-order valence-electron chi connectivity index (χ0n) is 19.0. The maximum absolute atomic E-state index is 12.4. The second kappa shape index (κ2) is 10.1. The van der Waals surface area contributed by atoms with Crippen LogP contribution in [0.25, 0.3) is 11.5 Å². The lowest BCUT2D eigenvalue weighted by Gasteiger charge is -2.16. The molecule has 0 fully saturated rings. The number of oxazole rings is 1. The summed E-state index contributed by atoms with van der Waals surface area (Å²) < 4.78 is 58.3. The Morgan fingerprint density at radius 1 is 1.09 bits per heavy atom. The number of aryl methyl sites for hydroxylation is 1. The van der Waals surface area contributed by atoms with E-state index in [-0.39, 0.29) is 17.6 Å². The summed E-state index contributed by atoms with van der Waals surface area (Å²) in [4.78, 5) is 15.2. The minimum atomic E-state index is -4.77. The first-order valence-corrected chi connectivity index (χ1v) is 10.4. The maximum Gasteiger partial charge on any atom is 0.573 e. The Morgan fingerprint density at radius 3 is 2.29 bits per heavy atom. The van der Waals surface area contributed by atoms with Crippen LogP contribution in [0.15, 0.2) is 46.9 Å². The number of carboxylic acid groups (broad SMARTS) is 1. The lowest BCUT2D eigenvalue weighted by Crippen LogP contribution is -2.16. The van der Waals surface area contributed by atoms with Crippen molar-refractivity contribution in [3.05, 3.63) is 59.5 Å². The van der Waals surface area contributed by atoms with Crippen LogP contribution in [-0.4, -0.2) is 29.0 Å². The van der Waals surface area contributed by atoms with Gasteiger partial charge >= 0.3 is 12.3 Å². The van der Waals surface area contributed by atoms with Gasteiger partial charge in [0.1, 0.15) is 17.2 Å². The molecule has 0 aliphatic rings. The van der Waals surface area contributed by atoms with Crippen LogP contribution in [0.1, 0.15) is 49.8 Å². The molecule has 182 valence electrons. The molecule has 10 heteroatoms. The molecular formula is C24H24F3NO6. The summed E-state index contributed by atoms with van der Waals surface area (Å²) in [6.45, 7) is 7.00. The Bertz CT molecular complexity index is 1140. The fourth-order valence-corrected chi connectivity index (χ4v) is 3.23. The van der Waals surface area contributed by atoms with Crippen molar-refractivity contribution in [2.24, 2.45) is 0 Å². The van der Waals surface area contributed by atoms with Gasteiger partial charge in [0.25, 0.3) is 0 Å². The van der Waals surface area contributed by atoms with E-state index >= 15 is 0 Å². The second-order valence-corrected chi connectivity index (χ2v) is 7.87. The van der Waals surface area contributed by atoms with E-state index in [0.29, 0.717) is 34.1 Å². The Kier molecular flexibility index (Phi) is 7.38. The van der Waals surface area contributed by atoms with Crippen molar-refractivity contribution in [2.45, 2.75) is 46.1 Å². The molecule has 0 aliphatic heterocycles. The smallest absolute Gasteiger partial charge is 0.483 e. The molecule has 3 aromatic rings. The van der Waals surface area contributed by atoms with Crippen molar-refractivity contribution in [3.63, 3.8) is 0 Å². The van der Waals surface area contributed by atoms with Gasteiger partial charge in [-0.1, -0.05) is 13.8 Å². The molecule has 7 nitrogen and oxygen atoms in total. The van der Waals surface area contributed by atoms with Gasteiger partial charge in [-0.2, -0.15) is 0 Å². The van der Waals surface area contributed by atoms with Crippen LogP contribution in [0.2, 0.25) is 0 Å². The Hall–Kier alpha value is -3.69. The first-order chi connectivity index (χ1) is 15.9. The van der Waals surface area contributed by atoms with Crippen LogP contribution in [0.5, 0.6) is 17.2 Å². The largest absolute Gasteiger partial charge is 0.573 e. The highest BCUT2D eigenvalue weighted by molar-refractivity contribution is 5.68. The van der Waals surface area contributed by atoms with Crippen molar-refractivity contribution in [1.82, 2.24) is 4.98 Å². The number of aliphatic carboxylic acids is 1. The van der Waals surface area contributed by atoms with E-state index in [1.54, 1.807) is 32.0 Å². The normalized spacial score (nSPS) is 12.5. The van der Waals surface area contributed by atoms with Crippen LogP contribution < -0.4 is 14.2 Å². The summed E-state index contributed by atoms with van der Waals surface area (Å²) in [5.74, 6) is 0.290. The Labute approximate surface area is 194 Å². The predicted molar refractivity (Wildman–Crippen MR) is 116 cm³/mol. The number of benzene rings is 2. The van der Waals surface area contributed by atoms with Crippen LogP contribution in [0, 0.1) is 6.92 Å². The maximum atomic E-state index is 12.4. The molecule has 0 aliphatic carbocycles. The third-order valence-corrected chi connectivity index (χ3v) is 4.74. The number of hydrogen-bond acceptors (Lipinski definition) is 6. The molecule has 3 rings (SSSR count). The molecule has 0 radical (unpaired) electrons. The van der Waals surface area contributed by atoms with Crippen molar-refractivity contribution < 1.29 is 41.7 Å². The first kappa shape index (κ1) is 24.9. The monoisotopic (exact) mass is 479 g/mol. The molecule has 0 saturated carbocycles. The van der Waals surface area contributed by atoms with Crippen LogP contribution in [-0.2, 0) is 4.79 Å². The highest BCUT2D eigenvalue weighted by atomic mass is 19.4. The van der Waals surface area contributed by atoms with Crippen LogP contribution in [0.4, 0.5) is 13.2 Å². The number of aromatic nitrogens is 1. The summed E-state index contributed by atoms with van der Waals surface area (Å²) >= 11 is 0. The number of rotatable bonds is 9. The second-order valence-electron chi connectivity index (χ2n) is 7.87. The van der Waals surface area contributed by atoms with Crippen molar-refractivity contribution >= 4 is 5.97 Å². The molecule has 1 unspecified atom stereocenters. The van der Waals surface area contributed by atoms with Gasteiger partial charge in [-0.3, -0.25) is 0 Å². The Balaban J connectivity index is 1.80. The van der Waals surface area contributed by atoms with E-state index in [0.717, 1.165) is 0 Å². The third kappa shape index (κ3) is 6.43. The predicted octanol–water partition coefficient (Wildman–Crippen LogP) is 6.28. The summed E-state index contributed by atoms with van der Waals surface area (Å²) in [6.07, 6.45) is -5.30. The highest BCUT2D eigenvalue weighted by Crippen LogP contribution is 2.34. The number of hydrogen-bond donors (Lipinski definition) is 1. The zero-order valence-corrected chi connectivity index (χ0v) is 19.0. The average molecular weight is 479 g/mol. The van der Waals surface area contributed by atoms with E-state index in [9.17, 15) is 18.0 Å². The third-order valence-electron chi connectivity index (χ3n) is 4.74. The van der Waals surface area contributed by atoms with Crippen molar-refractivity contribution in [1.29, 1.82) is 0 Å². The van der Waals surface area contributed by atoms with Gasteiger partial charge in [0.2, 0.25) is 5.89 Å². The molecule has 2 aromatic carbocycles. The molecule has 0 bridgehead atoms.